The summed E-state index contributed by atoms with van der Waals surface area (Å²) in [6.45, 7) is 0. The van der Waals surface area contributed by atoms with E-state index in [0.717, 1.165) is 0 Å². The topological polar surface area (TPSA) is 159 Å². The summed E-state index contributed by atoms with van der Waals surface area (Å²) < 4.78 is 0. The third kappa shape index (κ3) is 2.90. The number of nitrogens with zero attached hydrogens (tertiary/aromatic N) is 4. The maximum Gasteiger partial charge on any atom is 0.271 e. The van der Waals surface area contributed by atoms with E-state index in [1.54, 1.807) is 24.3 Å². The summed E-state index contributed by atoms with van der Waals surface area (Å²) in [4.78, 5) is 27.5. The summed E-state index contributed by atoms with van der Waals surface area (Å²) >= 11 is 5.95. The van der Waals surface area contributed by atoms with E-state index in [2.05, 4.69) is 25.3 Å². The molecule has 1 aromatic carbocycles. The highest BCUT2D eigenvalue weighted by molar-refractivity contribution is 6.30. The van der Waals surface area contributed by atoms with Crippen LogP contribution in [0.2, 0.25) is 5.02 Å². The number of nitrogen functional groups attached to an aromatic ring is 2. The molecule has 116 valence electrons. The molecule has 2 heterocycles. The quantitative estimate of drug-likeness (QED) is 0.555. The second-order valence-corrected chi connectivity index (χ2v) is 5.00. The highest BCUT2D eigenvalue weighted by Crippen LogP contribution is 2.25. The molecule has 3 rings (SSSR count). The molecule has 3 aromatic rings. The van der Waals surface area contributed by atoms with E-state index in [-0.39, 0.29) is 34.4 Å². The van der Waals surface area contributed by atoms with E-state index >= 15 is 0 Å². The summed E-state index contributed by atoms with van der Waals surface area (Å²) in [5.41, 5.74) is 17.4. The van der Waals surface area contributed by atoms with Gasteiger partial charge in [0.1, 0.15) is 0 Å². The minimum absolute atomic E-state index is 0.0254. The summed E-state index contributed by atoms with van der Waals surface area (Å²) in [6, 6.07) is 6.95. The molecule has 1 amide bonds. The predicted octanol–water partition coefficient (Wildman–Crippen LogP) is 1.08. The van der Waals surface area contributed by atoms with Crippen LogP contribution in [0.1, 0.15) is 10.5 Å². The number of hydrogen-bond acceptors (Lipinski definition) is 8. The first-order chi connectivity index (χ1) is 10.9. The van der Waals surface area contributed by atoms with Crippen molar-refractivity contribution in [1.82, 2.24) is 19.9 Å². The average Bonchev–Trinajstić information content (AvgIpc) is 2.46. The van der Waals surface area contributed by atoms with Crippen LogP contribution < -0.4 is 22.5 Å². The van der Waals surface area contributed by atoms with Gasteiger partial charge in [-0.25, -0.2) is 9.97 Å². The predicted molar refractivity (Wildman–Crippen MR) is 87.2 cm³/mol. The smallest absolute Gasteiger partial charge is 0.271 e. The Balaban J connectivity index is 2.18. The molecule has 0 aliphatic rings. The minimum Gasteiger partial charge on any atom is -0.382 e. The molecule has 0 saturated heterocycles. The van der Waals surface area contributed by atoms with E-state index in [4.69, 9.17) is 28.8 Å². The van der Waals surface area contributed by atoms with Gasteiger partial charge in [-0.15, -0.1) is 0 Å². The maximum atomic E-state index is 11.4. The molecule has 0 atom stereocenters. The maximum absolute atomic E-state index is 11.4. The Labute approximate surface area is 134 Å². The first-order valence-electron chi connectivity index (χ1n) is 6.37. The highest BCUT2D eigenvalue weighted by atomic mass is 35.5. The number of carbonyl (C=O) groups excluding carboxylic acids is 1. The van der Waals surface area contributed by atoms with Crippen LogP contribution in [0.3, 0.4) is 0 Å². The Morgan fingerprint density at radius 1 is 1.13 bits per heavy atom. The number of amides is 1. The lowest BCUT2D eigenvalue weighted by molar-refractivity contribution is 0.0996. The molecule has 10 heteroatoms. The van der Waals surface area contributed by atoms with Gasteiger partial charge in [-0.3, -0.25) is 4.79 Å². The van der Waals surface area contributed by atoms with Gasteiger partial charge < -0.3 is 22.5 Å². The Morgan fingerprint density at radius 3 is 2.61 bits per heavy atom. The third-order valence-corrected chi connectivity index (χ3v) is 3.13. The summed E-state index contributed by atoms with van der Waals surface area (Å²) in [6.07, 6.45) is 0. The fourth-order valence-corrected chi connectivity index (χ4v) is 2.14. The minimum atomic E-state index is -0.803. The van der Waals surface area contributed by atoms with Gasteiger partial charge in [0.15, 0.2) is 28.5 Å². The van der Waals surface area contributed by atoms with Crippen LogP contribution in [0.25, 0.3) is 11.2 Å². The lowest BCUT2D eigenvalue weighted by Crippen LogP contribution is -2.17. The number of anilines is 4. The summed E-state index contributed by atoms with van der Waals surface area (Å²) in [7, 11) is 0. The van der Waals surface area contributed by atoms with Crippen molar-refractivity contribution in [3.8, 4) is 0 Å². The van der Waals surface area contributed by atoms with E-state index in [9.17, 15) is 4.79 Å². The van der Waals surface area contributed by atoms with Crippen molar-refractivity contribution in [2.24, 2.45) is 5.73 Å². The molecule has 0 fully saturated rings. The van der Waals surface area contributed by atoms with Crippen LogP contribution in [-0.2, 0) is 0 Å². The standard InChI is InChI=1S/C13H11ClN8O/c14-5-2-1-3-6(4-5)18-11-8-12(22-13(17)21-11)20-9(15)7(19-8)10(16)23/h1-4H,(H2,16,23)(H5,15,17,18,20,21,22). The molecular weight excluding hydrogens is 320 g/mol. The molecule has 23 heavy (non-hydrogen) atoms. The van der Waals surface area contributed by atoms with Crippen LogP contribution in [-0.4, -0.2) is 25.8 Å². The normalized spacial score (nSPS) is 10.7. The van der Waals surface area contributed by atoms with Crippen LogP contribution >= 0.6 is 11.6 Å². The first-order valence-corrected chi connectivity index (χ1v) is 6.75. The number of nitrogens with two attached hydrogens (primary N) is 3. The summed E-state index contributed by atoms with van der Waals surface area (Å²) in [5, 5.41) is 3.54. The SMILES string of the molecule is NC(=O)c1nc2c(Nc3cccc(Cl)c3)nc(N)nc2nc1N. The molecule has 9 nitrogen and oxygen atoms in total. The van der Waals surface area contributed by atoms with Gasteiger partial charge in [-0.1, -0.05) is 17.7 Å². The Morgan fingerprint density at radius 2 is 1.91 bits per heavy atom. The number of aromatic nitrogens is 4. The molecule has 2 aromatic heterocycles. The lowest BCUT2D eigenvalue weighted by atomic mass is 10.3. The molecular formula is C13H11ClN8O. The largest absolute Gasteiger partial charge is 0.382 e. The molecule has 0 aliphatic carbocycles. The Hall–Kier alpha value is -3.20. The fraction of sp³-hybridized carbons (Fsp3) is 0. The number of fused-ring (bicyclic) bond motifs is 1. The van der Waals surface area contributed by atoms with E-state index < -0.39 is 5.91 Å². The Kier molecular flexibility index (Phi) is 3.54. The van der Waals surface area contributed by atoms with Crippen LogP contribution in [0.4, 0.5) is 23.3 Å². The third-order valence-electron chi connectivity index (χ3n) is 2.90. The van der Waals surface area contributed by atoms with Crippen molar-refractivity contribution >= 4 is 51.9 Å². The van der Waals surface area contributed by atoms with Crippen molar-refractivity contribution in [2.45, 2.75) is 0 Å². The van der Waals surface area contributed by atoms with Crippen molar-refractivity contribution in [3.63, 3.8) is 0 Å². The zero-order valence-electron chi connectivity index (χ0n) is 11.6. The van der Waals surface area contributed by atoms with Crippen molar-refractivity contribution in [2.75, 3.05) is 16.8 Å². The number of carbonyl (C=O) groups is 1. The molecule has 0 bridgehead atoms. The molecule has 0 saturated carbocycles. The van der Waals surface area contributed by atoms with Crippen molar-refractivity contribution < 1.29 is 4.79 Å². The number of primary amides is 1. The molecule has 0 unspecified atom stereocenters. The number of halogens is 1. The zero-order chi connectivity index (χ0) is 16.6. The second-order valence-electron chi connectivity index (χ2n) is 4.56. The monoisotopic (exact) mass is 330 g/mol. The lowest BCUT2D eigenvalue weighted by Gasteiger charge is -2.10. The van der Waals surface area contributed by atoms with E-state index in [1.807, 2.05) is 0 Å². The van der Waals surface area contributed by atoms with Gasteiger partial charge in [0, 0.05) is 10.7 Å². The number of rotatable bonds is 3. The first kappa shape index (κ1) is 14.7. The summed E-state index contributed by atoms with van der Waals surface area (Å²) in [5.74, 6) is -0.702. The van der Waals surface area contributed by atoms with E-state index in [1.165, 1.54) is 0 Å². The second kappa shape index (κ2) is 5.54. The molecule has 0 aliphatic heterocycles. The van der Waals surface area contributed by atoms with Crippen molar-refractivity contribution in [1.29, 1.82) is 0 Å². The molecule has 7 N–H and O–H groups in total. The van der Waals surface area contributed by atoms with E-state index in [0.29, 0.717) is 10.7 Å². The number of hydrogen-bond donors (Lipinski definition) is 4. The van der Waals surface area contributed by atoms with Gasteiger partial charge >= 0.3 is 0 Å². The number of nitrogens with one attached hydrogen (secondary N) is 1. The fourth-order valence-electron chi connectivity index (χ4n) is 1.95. The highest BCUT2D eigenvalue weighted by Gasteiger charge is 2.16. The van der Waals surface area contributed by atoms with Crippen LogP contribution in [0.15, 0.2) is 24.3 Å². The van der Waals surface area contributed by atoms with Gasteiger partial charge in [0.25, 0.3) is 5.91 Å². The molecule has 0 radical (unpaired) electrons. The zero-order valence-corrected chi connectivity index (χ0v) is 12.4. The molecule has 0 spiro atoms. The van der Waals surface area contributed by atoms with Gasteiger partial charge in [-0.2, -0.15) is 9.97 Å². The number of benzene rings is 1. The average molecular weight is 331 g/mol. The Bertz CT molecular complexity index is 929. The van der Waals surface area contributed by atoms with Crippen LogP contribution in [0.5, 0.6) is 0 Å². The van der Waals surface area contributed by atoms with Gasteiger partial charge in [0.05, 0.1) is 0 Å². The van der Waals surface area contributed by atoms with Crippen LogP contribution in [0, 0.1) is 0 Å². The van der Waals surface area contributed by atoms with Gasteiger partial charge in [0.2, 0.25) is 5.95 Å². The van der Waals surface area contributed by atoms with Gasteiger partial charge in [-0.05, 0) is 18.2 Å². The van der Waals surface area contributed by atoms with Crippen molar-refractivity contribution in [3.05, 3.63) is 35.0 Å².